The van der Waals surface area contributed by atoms with Crippen LogP contribution in [0, 0.1) is 0 Å². The number of carbonyl (C=O) groups excluding carboxylic acids is 1. The van der Waals surface area contributed by atoms with Gasteiger partial charge in [-0.1, -0.05) is 36.4 Å². The zero-order chi connectivity index (χ0) is 19.4. The Morgan fingerprint density at radius 1 is 1.10 bits per heavy atom. The summed E-state index contributed by atoms with van der Waals surface area (Å²) in [5, 5.41) is 6.61. The van der Waals surface area contributed by atoms with Crippen LogP contribution in [0.3, 0.4) is 0 Å². The van der Waals surface area contributed by atoms with E-state index in [0.29, 0.717) is 23.8 Å². The topological polar surface area (TPSA) is 69.4 Å². The quantitative estimate of drug-likeness (QED) is 0.499. The van der Waals surface area contributed by atoms with Crippen molar-refractivity contribution >= 4 is 22.8 Å². The molecule has 3 aromatic heterocycles. The highest BCUT2D eigenvalue weighted by Crippen LogP contribution is 2.47. The van der Waals surface area contributed by atoms with Crippen molar-refractivity contribution in [1.29, 1.82) is 0 Å². The number of nitrogens with zero attached hydrogens (tertiary/aromatic N) is 4. The first-order valence-corrected chi connectivity index (χ1v) is 10.5. The molecule has 6 rings (SSSR count). The molecule has 0 fully saturated rings. The molecule has 0 N–H and O–H groups in total. The zero-order valence-corrected chi connectivity index (χ0v) is 16.2. The highest BCUT2D eigenvalue weighted by Gasteiger charge is 2.39. The molecule has 29 heavy (non-hydrogen) atoms. The molecule has 0 spiro atoms. The number of benzene rings is 1. The van der Waals surface area contributed by atoms with Crippen LogP contribution in [-0.4, -0.2) is 25.4 Å². The summed E-state index contributed by atoms with van der Waals surface area (Å²) in [6.45, 7) is 0. The van der Waals surface area contributed by atoms with E-state index in [1.807, 2.05) is 47.8 Å². The molecular formula is C22H16N4O2S. The fraction of sp³-hybridized carbons (Fsp3) is 0.182. The van der Waals surface area contributed by atoms with Crippen molar-refractivity contribution in [1.82, 2.24) is 19.6 Å². The highest BCUT2D eigenvalue weighted by molar-refractivity contribution is 7.13. The number of allylic oxidation sites excluding steroid dienone is 2. The molecule has 1 aliphatic heterocycles. The summed E-state index contributed by atoms with van der Waals surface area (Å²) in [7, 11) is 0. The predicted octanol–water partition coefficient (Wildman–Crippen LogP) is 4.38. The molecular weight excluding hydrogens is 384 g/mol. The summed E-state index contributed by atoms with van der Waals surface area (Å²) in [5.41, 5.74) is 3.26. The predicted molar refractivity (Wildman–Crippen MR) is 109 cm³/mol. The fourth-order valence-corrected chi connectivity index (χ4v) is 4.86. The Bertz CT molecular complexity index is 1280. The second kappa shape index (κ2) is 6.35. The first-order valence-electron chi connectivity index (χ1n) is 9.58. The van der Waals surface area contributed by atoms with E-state index in [2.05, 4.69) is 10.1 Å². The normalized spacial score (nSPS) is 18.5. The van der Waals surface area contributed by atoms with Gasteiger partial charge in [-0.15, -0.1) is 16.4 Å². The largest absolute Gasteiger partial charge is 0.442 e. The van der Waals surface area contributed by atoms with Crippen LogP contribution < -0.4 is 4.74 Å². The lowest BCUT2D eigenvalue weighted by molar-refractivity contribution is -0.116. The maximum Gasteiger partial charge on any atom is 0.228 e. The van der Waals surface area contributed by atoms with Crippen LogP contribution in [0.25, 0.3) is 16.3 Å². The summed E-state index contributed by atoms with van der Waals surface area (Å²) < 4.78 is 7.82. The second-order valence-electron chi connectivity index (χ2n) is 7.20. The SMILES string of the molecule is O=C1CCCC2=C1C(c1ccccc1)c1c(ncn3nc(-c4cccs4)nc13)O2. The van der Waals surface area contributed by atoms with Gasteiger partial charge in [0, 0.05) is 24.3 Å². The monoisotopic (exact) mass is 400 g/mol. The molecule has 1 aliphatic carbocycles. The van der Waals surface area contributed by atoms with E-state index in [-0.39, 0.29) is 11.7 Å². The lowest BCUT2D eigenvalue weighted by Crippen LogP contribution is -2.26. The van der Waals surface area contributed by atoms with Crippen molar-refractivity contribution in [2.24, 2.45) is 0 Å². The first-order chi connectivity index (χ1) is 14.3. The smallest absolute Gasteiger partial charge is 0.228 e. The van der Waals surface area contributed by atoms with Crippen molar-refractivity contribution < 1.29 is 9.53 Å². The van der Waals surface area contributed by atoms with Crippen molar-refractivity contribution in [3.63, 3.8) is 0 Å². The van der Waals surface area contributed by atoms with E-state index in [1.165, 1.54) is 0 Å². The van der Waals surface area contributed by atoms with E-state index < -0.39 is 0 Å². The van der Waals surface area contributed by atoms with Crippen molar-refractivity contribution in [2.75, 3.05) is 0 Å². The van der Waals surface area contributed by atoms with Gasteiger partial charge in [-0.2, -0.15) is 0 Å². The number of aromatic nitrogens is 4. The van der Waals surface area contributed by atoms with Gasteiger partial charge in [-0.25, -0.2) is 14.5 Å². The van der Waals surface area contributed by atoms with E-state index in [1.54, 1.807) is 22.2 Å². The molecule has 1 unspecified atom stereocenters. The molecule has 0 bridgehead atoms. The third kappa shape index (κ3) is 2.54. The number of Topliss-reactive ketones (excluding diaryl/α,β-unsaturated/α-hetero) is 1. The van der Waals surface area contributed by atoms with Crippen molar-refractivity contribution in [2.45, 2.75) is 25.2 Å². The summed E-state index contributed by atoms with van der Waals surface area (Å²) >= 11 is 1.59. The van der Waals surface area contributed by atoms with Crippen LogP contribution in [0.2, 0.25) is 0 Å². The van der Waals surface area contributed by atoms with Crippen LogP contribution in [0.5, 0.6) is 5.88 Å². The number of hydrogen-bond acceptors (Lipinski definition) is 6. The van der Waals surface area contributed by atoms with Crippen LogP contribution in [-0.2, 0) is 4.79 Å². The number of carbonyl (C=O) groups is 1. The number of rotatable bonds is 2. The summed E-state index contributed by atoms with van der Waals surface area (Å²) in [4.78, 5) is 23.3. The van der Waals surface area contributed by atoms with E-state index >= 15 is 0 Å². The lowest BCUT2D eigenvalue weighted by atomic mass is 9.78. The third-order valence-electron chi connectivity index (χ3n) is 5.47. The molecule has 1 atom stereocenters. The molecule has 2 aliphatic rings. The van der Waals surface area contributed by atoms with E-state index in [4.69, 9.17) is 9.72 Å². The van der Waals surface area contributed by atoms with Gasteiger partial charge in [-0.3, -0.25) is 4.79 Å². The minimum atomic E-state index is -0.251. The summed E-state index contributed by atoms with van der Waals surface area (Å²) in [6, 6.07) is 14.0. The van der Waals surface area contributed by atoms with Gasteiger partial charge in [0.05, 0.1) is 10.4 Å². The van der Waals surface area contributed by atoms with Gasteiger partial charge in [-0.05, 0) is 23.4 Å². The van der Waals surface area contributed by atoms with Crippen molar-refractivity contribution in [3.8, 4) is 16.6 Å². The molecule has 1 aromatic carbocycles. The highest BCUT2D eigenvalue weighted by atomic mass is 32.1. The standard InChI is InChI=1S/C22H16N4O2S/c27-14-8-4-9-15-18(14)17(13-6-2-1-3-7-13)19-21-24-20(16-10-5-11-29-16)25-26(21)12-23-22(19)28-15/h1-3,5-7,10-12,17H,4,8-9H2. The summed E-state index contributed by atoms with van der Waals surface area (Å²) in [6.07, 6.45) is 3.75. The molecule has 0 saturated carbocycles. The van der Waals surface area contributed by atoms with Crippen LogP contribution in [0.4, 0.5) is 0 Å². The average Bonchev–Trinajstić information content (AvgIpc) is 3.42. The number of hydrogen-bond donors (Lipinski definition) is 0. The van der Waals surface area contributed by atoms with E-state index in [0.717, 1.165) is 40.2 Å². The Labute approximate surface area is 170 Å². The number of fused-ring (bicyclic) bond motifs is 3. The molecule has 0 radical (unpaired) electrons. The van der Waals surface area contributed by atoms with Gasteiger partial charge in [0.25, 0.3) is 0 Å². The van der Waals surface area contributed by atoms with Gasteiger partial charge in [0.15, 0.2) is 17.3 Å². The van der Waals surface area contributed by atoms with Crippen LogP contribution in [0.15, 0.2) is 65.5 Å². The van der Waals surface area contributed by atoms with Gasteiger partial charge < -0.3 is 4.74 Å². The molecule has 4 heterocycles. The maximum atomic E-state index is 13.0. The molecule has 7 heteroatoms. The first kappa shape index (κ1) is 16.6. The minimum Gasteiger partial charge on any atom is -0.442 e. The minimum absolute atomic E-state index is 0.144. The Morgan fingerprint density at radius 3 is 2.83 bits per heavy atom. The molecule has 6 nitrogen and oxygen atoms in total. The van der Waals surface area contributed by atoms with Gasteiger partial charge in [0.2, 0.25) is 5.88 Å². The Kier molecular flexibility index (Phi) is 3.64. The summed E-state index contributed by atoms with van der Waals surface area (Å²) in [5.74, 6) is 1.81. The Morgan fingerprint density at radius 2 is 2.00 bits per heavy atom. The fourth-order valence-electron chi connectivity index (χ4n) is 4.21. The van der Waals surface area contributed by atoms with Crippen LogP contribution >= 0.6 is 11.3 Å². The average molecular weight is 400 g/mol. The third-order valence-corrected chi connectivity index (χ3v) is 6.33. The van der Waals surface area contributed by atoms with E-state index in [9.17, 15) is 4.79 Å². The lowest BCUT2D eigenvalue weighted by Gasteiger charge is -2.31. The molecule has 0 amide bonds. The molecule has 0 saturated heterocycles. The van der Waals surface area contributed by atoms with Crippen LogP contribution in [0.1, 0.15) is 36.3 Å². The van der Waals surface area contributed by atoms with Gasteiger partial charge >= 0.3 is 0 Å². The second-order valence-corrected chi connectivity index (χ2v) is 8.15. The number of ketones is 1. The Hall–Kier alpha value is -3.32. The Balaban J connectivity index is 1.63. The molecule has 142 valence electrons. The zero-order valence-electron chi connectivity index (χ0n) is 15.4. The van der Waals surface area contributed by atoms with Gasteiger partial charge in [0.1, 0.15) is 12.1 Å². The maximum absolute atomic E-state index is 13.0. The number of ether oxygens (including phenoxy) is 1. The van der Waals surface area contributed by atoms with Crippen molar-refractivity contribution in [3.05, 3.63) is 76.6 Å². The molecule has 4 aromatic rings. The number of thiophene rings is 1.